The van der Waals surface area contributed by atoms with E-state index in [1.165, 1.54) is 0 Å². The summed E-state index contributed by atoms with van der Waals surface area (Å²) in [5.41, 5.74) is 0. The van der Waals surface area contributed by atoms with Crippen LogP contribution in [0.5, 0.6) is 0 Å². The van der Waals surface area contributed by atoms with Crippen LogP contribution >= 0.6 is 0 Å². The highest BCUT2D eigenvalue weighted by molar-refractivity contribution is 5.66. The lowest BCUT2D eigenvalue weighted by molar-refractivity contribution is -0.143. The average molecular weight is 133 g/mol. The molecular formula is C6H13O3. The molecule has 0 unspecified atom stereocenters. The highest BCUT2D eigenvalue weighted by Crippen LogP contribution is 1.97. The summed E-state index contributed by atoms with van der Waals surface area (Å²) in [7, 11) is 0. The topological polar surface area (TPSA) is 68.5 Å². The van der Waals surface area contributed by atoms with Crippen LogP contribution in [-0.4, -0.2) is 11.4 Å². The Morgan fingerprint density at radius 2 is 1.89 bits per heavy atom. The van der Waals surface area contributed by atoms with Crippen LogP contribution in [0.3, 0.4) is 0 Å². The normalized spacial score (nSPS) is 8.11. The molecule has 0 aliphatic rings. The van der Waals surface area contributed by atoms with E-state index in [0.29, 0.717) is 0 Å². The largest absolute Gasteiger partial charge is 0.412 e. The second kappa shape index (κ2) is 7.43. The Hall–Kier alpha value is -0.570. The van der Waals surface area contributed by atoms with Crippen LogP contribution in [0.15, 0.2) is 0 Å². The molecule has 0 spiro atoms. The van der Waals surface area contributed by atoms with E-state index in [-0.39, 0.29) is 11.9 Å². The molecule has 0 fully saturated rings. The highest BCUT2D eigenvalue weighted by Gasteiger charge is 1.95. The zero-order chi connectivity index (χ0) is 6.41. The molecule has 9 heavy (non-hydrogen) atoms. The molecular weight excluding hydrogens is 120 g/mol. The van der Waals surface area contributed by atoms with Gasteiger partial charge in [-0.1, -0.05) is 19.8 Å². The second-order valence-electron chi connectivity index (χ2n) is 1.83. The smallest absolute Gasteiger partial charge is 0.355 e. The molecule has 0 heterocycles. The van der Waals surface area contributed by atoms with Gasteiger partial charge >= 0.3 is 5.97 Å². The fourth-order valence-electron chi connectivity index (χ4n) is 0.519. The first kappa shape index (κ1) is 11.3. The Labute approximate surface area is 55.0 Å². The van der Waals surface area contributed by atoms with Crippen LogP contribution in [0, 0.1) is 0 Å². The van der Waals surface area contributed by atoms with Crippen molar-refractivity contribution in [1.82, 2.24) is 0 Å². The SMILES string of the molecule is CCCCCC([O])=O.O. The quantitative estimate of drug-likeness (QED) is 0.520. The van der Waals surface area contributed by atoms with Crippen molar-refractivity contribution in [2.75, 3.05) is 0 Å². The van der Waals surface area contributed by atoms with E-state index in [2.05, 4.69) is 0 Å². The fraction of sp³-hybridized carbons (Fsp3) is 0.833. The molecule has 0 aromatic carbocycles. The van der Waals surface area contributed by atoms with Gasteiger partial charge in [0.1, 0.15) is 0 Å². The zero-order valence-electron chi connectivity index (χ0n) is 5.64. The summed E-state index contributed by atoms with van der Waals surface area (Å²) < 4.78 is 0. The van der Waals surface area contributed by atoms with Gasteiger partial charge in [0, 0.05) is 0 Å². The minimum absolute atomic E-state index is 0. The van der Waals surface area contributed by atoms with E-state index in [1.54, 1.807) is 0 Å². The van der Waals surface area contributed by atoms with Gasteiger partial charge in [0.15, 0.2) is 0 Å². The number of carbonyl (C=O) groups excluding carboxylic acids is 1. The van der Waals surface area contributed by atoms with Gasteiger partial charge in [-0.2, -0.15) is 0 Å². The molecule has 0 saturated carbocycles. The molecule has 3 heteroatoms. The van der Waals surface area contributed by atoms with E-state index in [4.69, 9.17) is 0 Å². The molecule has 0 rings (SSSR count). The summed E-state index contributed by atoms with van der Waals surface area (Å²) in [5.74, 6) is -0.932. The Morgan fingerprint density at radius 1 is 1.33 bits per heavy atom. The van der Waals surface area contributed by atoms with Crippen LogP contribution in [-0.2, 0) is 9.90 Å². The molecule has 2 N–H and O–H groups in total. The second-order valence-corrected chi connectivity index (χ2v) is 1.83. The predicted molar refractivity (Wildman–Crippen MR) is 33.4 cm³/mol. The lowest BCUT2D eigenvalue weighted by Gasteiger charge is -1.87. The average Bonchev–Trinajstić information content (AvgIpc) is 1.66. The predicted octanol–water partition coefficient (Wildman–Crippen LogP) is 0.699. The fourth-order valence-corrected chi connectivity index (χ4v) is 0.519. The van der Waals surface area contributed by atoms with Crippen LogP contribution in [0.1, 0.15) is 32.6 Å². The molecule has 0 amide bonds. The molecule has 0 bridgehead atoms. The first-order valence-electron chi connectivity index (χ1n) is 2.97. The Morgan fingerprint density at radius 3 is 2.22 bits per heavy atom. The Kier molecular flexibility index (Phi) is 9.29. The highest BCUT2D eigenvalue weighted by atomic mass is 16.4. The molecule has 0 aliphatic heterocycles. The molecule has 0 saturated heterocycles. The van der Waals surface area contributed by atoms with Crippen molar-refractivity contribution in [3.05, 3.63) is 0 Å². The zero-order valence-corrected chi connectivity index (χ0v) is 5.64. The first-order chi connectivity index (χ1) is 3.77. The molecule has 0 aromatic rings. The third-order valence-electron chi connectivity index (χ3n) is 0.984. The number of hydrogen-bond donors (Lipinski definition) is 0. The maximum absolute atomic E-state index is 9.76. The maximum Gasteiger partial charge on any atom is 0.355 e. The minimum atomic E-state index is -0.932. The minimum Gasteiger partial charge on any atom is -0.412 e. The number of unbranched alkanes of at least 4 members (excludes halogenated alkanes) is 2. The number of hydrogen-bond acceptors (Lipinski definition) is 1. The van der Waals surface area contributed by atoms with E-state index in [1.807, 2.05) is 6.92 Å². The molecule has 0 aliphatic carbocycles. The van der Waals surface area contributed by atoms with Crippen molar-refractivity contribution in [3.8, 4) is 0 Å². The van der Waals surface area contributed by atoms with Crippen LogP contribution in [0.25, 0.3) is 0 Å². The third kappa shape index (κ3) is 11.2. The summed E-state index contributed by atoms with van der Waals surface area (Å²) in [5, 5.41) is 9.76. The van der Waals surface area contributed by atoms with Gasteiger partial charge in [-0.25, -0.2) is 9.90 Å². The van der Waals surface area contributed by atoms with Gasteiger partial charge in [-0.3, -0.25) is 0 Å². The Balaban J connectivity index is 0. The van der Waals surface area contributed by atoms with E-state index in [9.17, 15) is 9.90 Å². The van der Waals surface area contributed by atoms with Gasteiger partial charge < -0.3 is 5.48 Å². The van der Waals surface area contributed by atoms with Crippen LogP contribution < -0.4 is 0 Å². The maximum atomic E-state index is 9.76. The monoisotopic (exact) mass is 133 g/mol. The van der Waals surface area contributed by atoms with Crippen molar-refractivity contribution in [3.63, 3.8) is 0 Å². The summed E-state index contributed by atoms with van der Waals surface area (Å²) in [6.45, 7) is 2.04. The van der Waals surface area contributed by atoms with Crippen molar-refractivity contribution < 1.29 is 15.4 Å². The first-order valence-corrected chi connectivity index (χ1v) is 2.97. The standard InChI is InChI=1S/C6H11O2.H2O/c1-2-3-4-5-6(7)8;/h2-5H2,1H3;1H2. The van der Waals surface area contributed by atoms with Gasteiger partial charge in [-0.05, 0) is 6.42 Å². The van der Waals surface area contributed by atoms with E-state index >= 15 is 0 Å². The van der Waals surface area contributed by atoms with Crippen molar-refractivity contribution in [1.29, 1.82) is 0 Å². The van der Waals surface area contributed by atoms with Crippen molar-refractivity contribution >= 4 is 5.97 Å². The van der Waals surface area contributed by atoms with Gasteiger partial charge in [0.2, 0.25) is 0 Å². The van der Waals surface area contributed by atoms with E-state index < -0.39 is 5.97 Å². The van der Waals surface area contributed by atoms with E-state index in [0.717, 1.165) is 19.3 Å². The molecule has 3 nitrogen and oxygen atoms in total. The summed E-state index contributed by atoms with van der Waals surface area (Å²) in [6, 6.07) is 0. The summed E-state index contributed by atoms with van der Waals surface area (Å²) in [4.78, 5) is 9.76. The third-order valence-corrected chi connectivity index (χ3v) is 0.984. The number of rotatable bonds is 4. The molecule has 1 radical (unpaired) electrons. The molecule has 0 atom stereocenters. The lowest BCUT2D eigenvalue weighted by atomic mass is 10.2. The van der Waals surface area contributed by atoms with Gasteiger partial charge in [-0.15, -0.1) is 0 Å². The molecule has 55 valence electrons. The van der Waals surface area contributed by atoms with Crippen molar-refractivity contribution in [2.24, 2.45) is 0 Å². The van der Waals surface area contributed by atoms with Gasteiger partial charge in [0.05, 0.1) is 6.42 Å². The number of carbonyl (C=O) groups is 1. The Bertz CT molecular complexity index is 70.7. The van der Waals surface area contributed by atoms with Crippen LogP contribution in [0.4, 0.5) is 0 Å². The van der Waals surface area contributed by atoms with Gasteiger partial charge in [0.25, 0.3) is 0 Å². The lowest BCUT2D eigenvalue weighted by Crippen LogP contribution is -1.90. The molecule has 0 aromatic heterocycles. The summed E-state index contributed by atoms with van der Waals surface area (Å²) >= 11 is 0. The van der Waals surface area contributed by atoms with Crippen LogP contribution in [0.2, 0.25) is 0 Å². The van der Waals surface area contributed by atoms with Crippen molar-refractivity contribution in [2.45, 2.75) is 32.6 Å². The summed E-state index contributed by atoms with van der Waals surface area (Å²) in [6.07, 6.45) is 3.04.